The molecule has 0 aromatic heterocycles. The molecule has 0 fully saturated rings. The van der Waals surface area contributed by atoms with Gasteiger partial charge < -0.3 is 15.5 Å². The Morgan fingerprint density at radius 2 is 1.84 bits per heavy atom. The Hall–Kier alpha value is -1.60. The highest BCUT2D eigenvalue weighted by molar-refractivity contribution is 5.74. The molecule has 0 saturated heterocycles. The van der Waals surface area contributed by atoms with Gasteiger partial charge in [-0.2, -0.15) is 13.2 Å². The van der Waals surface area contributed by atoms with E-state index in [1.807, 2.05) is 0 Å². The van der Waals surface area contributed by atoms with Crippen molar-refractivity contribution in [3.8, 4) is 0 Å². The lowest BCUT2D eigenvalue weighted by molar-refractivity contribution is -0.143. The first-order valence-electron chi connectivity index (χ1n) is 5.58. The first kappa shape index (κ1) is 15.5. The summed E-state index contributed by atoms with van der Waals surface area (Å²) >= 11 is 0. The van der Waals surface area contributed by atoms with Crippen molar-refractivity contribution in [2.75, 3.05) is 6.54 Å². The monoisotopic (exact) mass is 277 g/mol. The standard InChI is InChI=1S/C12H14F3NO3/c1-2-16-9(11(18)19)10(17)7-3-5-8(6-4-7)12(13,14)15/h3-6,9-10,16-17H,2H2,1H3,(H,18,19). The number of hydrogen-bond acceptors (Lipinski definition) is 3. The number of alkyl halides is 3. The van der Waals surface area contributed by atoms with Gasteiger partial charge in [0, 0.05) is 0 Å². The first-order chi connectivity index (χ1) is 8.77. The minimum atomic E-state index is -4.46. The van der Waals surface area contributed by atoms with Crippen molar-refractivity contribution in [1.29, 1.82) is 0 Å². The largest absolute Gasteiger partial charge is 0.480 e. The van der Waals surface area contributed by atoms with E-state index in [1.165, 1.54) is 0 Å². The summed E-state index contributed by atoms with van der Waals surface area (Å²) in [5.41, 5.74) is -0.736. The van der Waals surface area contributed by atoms with Crippen LogP contribution < -0.4 is 5.32 Å². The quantitative estimate of drug-likeness (QED) is 0.767. The molecular formula is C12H14F3NO3. The highest BCUT2D eigenvalue weighted by Crippen LogP contribution is 2.30. The molecule has 0 amide bonds. The van der Waals surface area contributed by atoms with Gasteiger partial charge in [-0.3, -0.25) is 4.79 Å². The van der Waals surface area contributed by atoms with E-state index in [0.29, 0.717) is 6.54 Å². The second kappa shape index (κ2) is 6.03. The number of halogens is 3. The molecule has 4 nitrogen and oxygen atoms in total. The lowest BCUT2D eigenvalue weighted by atomic mass is 10.0. The maximum atomic E-state index is 12.4. The number of likely N-dealkylation sites (N-methyl/N-ethyl adjacent to an activating group) is 1. The molecule has 1 aromatic rings. The van der Waals surface area contributed by atoms with E-state index in [2.05, 4.69) is 5.32 Å². The molecule has 3 N–H and O–H groups in total. The third-order valence-electron chi connectivity index (χ3n) is 2.59. The summed E-state index contributed by atoms with van der Waals surface area (Å²) in [7, 11) is 0. The van der Waals surface area contributed by atoms with E-state index in [-0.39, 0.29) is 5.56 Å². The molecular weight excluding hydrogens is 263 g/mol. The van der Waals surface area contributed by atoms with Gasteiger partial charge in [-0.25, -0.2) is 0 Å². The van der Waals surface area contributed by atoms with Gasteiger partial charge in [0.1, 0.15) is 12.1 Å². The Morgan fingerprint density at radius 3 is 2.21 bits per heavy atom. The van der Waals surface area contributed by atoms with Crippen LogP contribution in [0.15, 0.2) is 24.3 Å². The molecule has 1 rings (SSSR count). The molecule has 7 heteroatoms. The molecule has 0 aliphatic carbocycles. The summed E-state index contributed by atoms with van der Waals surface area (Å²) in [5, 5.41) is 21.3. The summed E-state index contributed by atoms with van der Waals surface area (Å²) in [4.78, 5) is 10.9. The van der Waals surface area contributed by atoms with Gasteiger partial charge >= 0.3 is 12.1 Å². The SMILES string of the molecule is CCNC(C(=O)O)C(O)c1ccc(C(F)(F)F)cc1. The minimum Gasteiger partial charge on any atom is -0.480 e. The van der Waals surface area contributed by atoms with Crippen LogP contribution in [0.3, 0.4) is 0 Å². The topological polar surface area (TPSA) is 69.6 Å². The smallest absolute Gasteiger partial charge is 0.416 e. The van der Waals surface area contributed by atoms with Crippen molar-refractivity contribution in [3.63, 3.8) is 0 Å². The normalized spacial score (nSPS) is 15.0. The van der Waals surface area contributed by atoms with Gasteiger partial charge in [-0.15, -0.1) is 0 Å². The minimum absolute atomic E-state index is 0.112. The van der Waals surface area contributed by atoms with E-state index in [1.54, 1.807) is 6.92 Å². The van der Waals surface area contributed by atoms with Gasteiger partial charge in [0.25, 0.3) is 0 Å². The molecule has 0 bridgehead atoms. The Kier molecular flexibility index (Phi) is 4.90. The average molecular weight is 277 g/mol. The number of aliphatic hydroxyl groups is 1. The van der Waals surface area contributed by atoms with Crippen LogP contribution in [-0.4, -0.2) is 28.8 Å². The summed E-state index contributed by atoms with van der Waals surface area (Å²) < 4.78 is 37.1. The molecule has 2 atom stereocenters. The van der Waals surface area contributed by atoms with Gasteiger partial charge in [0.05, 0.1) is 5.56 Å². The number of hydrogen-bond donors (Lipinski definition) is 3. The molecule has 0 heterocycles. The zero-order valence-electron chi connectivity index (χ0n) is 10.1. The maximum Gasteiger partial charge on any atom is 0.416 e. The van der Waals surface area contributed by atoms with Gasteiger partial charge in [0.15, 0.2) is 0 Å². The molecule has 0 radical (unpaired) electrons. The lowest BCUT2D eigenvalue weighted by Gasteiger charge is -2.20. The van der Waals surface area contributed by atoms with E-state index in [0.717, 1.165) is 24.3 Å². The number of carbonyl (C=O) groups is 1. The maximum absolute atomic E-state index is 12.4. The average Bonchev–Trinajstić information content (AvgIpc) is 2.34. The van der Waals surface area contributed by atoms with Crippen molar-refractivity contribution in [3.05, 3.63) is 35.4 Å². The van der Waals surface area contributed by atoms with Crippen LogP contribution in [0.2, 0.25) is 0 Å². The Bertz CT molecular complexity index is 431. The molecule has 0 aliphatic heterocycles. The van der Waals surface area contributed by atoms with Crippen molar-refractivity contribution in [2.24, 2.45) is 0 Å². The van der Waals surface area contributed by atoms with Crippen LogP contribution in [0.1, 0.15) is 24.2 Å². The van der Waals surface area contributed by atoms with Crippen LogP contribution in [0, 0.1) is 0 Å². The summed E-state index contributed by atoms with van der Waals surface area (Å²) in [6.45, 7) is 1.98. The van der Waals surface area contributed by atoms with E-state index in [4.69, 9.17) is 5.11 Å². The fourth-order valence-corrected chi connectivity index (χ4v) is 1.62. The van der Waals surface area contributed by atoms with Crippen LogP contribution in [0.4, 0.5) is 13.2 Å². The number of carboxylic acids is 1. The number of benzene rings is 1. The first-order valence-corrected chi connectivity index (χ1v) is 5.58. The fraction of sp³-hybridized carbons (Fsp3) is 0.417. The van der Waals surface area contributed by atoms with Crippen molar-refractivity contribution < 1.29 is 28.2 Å². The van der Waals surface area contributed by atoms with Crippen LogP contribution in [0.25, 0.3) is 0 Å². The Morgan fingerprint density at radius 1 is 1.32 bits per heavy atom. The van der Waals surface area contributed by atoms with E-state index >= 15 is 0 Å². The zero-order chi connectivity index (χ0) is 14.6. The second-order valence-electron chi connectivity index (χ2n) is 3.94. The predicted molar refractivity (Wildman–Crippen MR) is 61.5 cm³/mol. The Labute approximate surface area is 107 Å². The molecule has 0 aliphatic rings. The summed E-state index contributed by atoms with van der Waals surface area (Å²) in [6, 6.07) is 2.50. The van der Waals surface area contributed by atoms with Crippen LogP contribution in [-0.2, 0) is 11.0 Å². The lowest BCUT2D eigenvalue weighted by Crippen LogP contribution is -2.41. The highest BCUT2D eigenvalue weighted by atomic mass is 19.4. The van der Waals surface area contributed by atoms with Crippen molar-refractivity contribution >= 4 is 5.97 Å². The third kappa shape index (κ3) is 3.93. The Balaban J connectivity index is 2.93. The van der Waals surface area contributed by atoms with Gasteiger partial charge in [-0.05, 0) is 24.2 Å². The molecule has 1 aromatic carbocycles. The van der Waals surface area contributed by atoms with Crippen LogP contribution >= 0.6 is 0 Å². The number of rotatable bonds is 5. The second-order valence-corrected chi connectivity index (χ2v) is 3.94. The third-order valence-corrected chi connectivity index (χ3v) is 2.59. The molecule has 106 valence electrons. The summed E-state index contributed by atoms with van der Waals surface area (Å²) in [6.07, 6.45) is -5.88. The number of carboxylic acid groups (broad SMARTS) is 1. The number of nitrogens with one attached hydrogen (secondary N) is 1. The van der Waals surface area contributed by atoms with Crippen LogP contribution in [0.5, 0.6) is 0 Å². The predicted octanol–water partition coefficient (Wildman–Crippen LogP) is 1.80. The highest BCUT2D eigenvalue weighted by Gasteiger charge is 2.31. The van der Waals surface area contributed by atoms with E-state index < -0.39 is 29.9 Å². The summed E-state index contributed by atoms with van der Waals surface area (Å²) in [5.74, 6) is -1.27. The molecule has 0 spiro atoms. The number of aliphatic carboxylic acids is 1. The molecule has 19 heavy (non-hydrogen) atoms. The van der Waals surface area contributed by atoms with Gasteiger partial charge in [-0.1, -0.05) is 19.1 Å². The fourth-order valence-electron chi connectivity index (χ4n) is 1.62. The van der Waals surface area contributed by atoms with Crippen molar-refractivity contribution in [2.45, 2.75) is 25.2 Å². The molecule has 0 saturated carbocycles. The van der Waals surface area contributed by atoms with E-state index in [9.17, 15) is 23.1 Å². The van der Waals surface area contributed by atoms with Crippen molar-refractivity contribution in [1.82, 2.24) is 5.32 Å². The van der Waals surface area contributed by atoms with Gasteiger partial charge in [0.2, 0.25) is 0 Å². The molecule has 2 unspecified atom stereocenters. The zero-order valence-corrected chi connectivity index (χ0v) is 10.1. The number of aliphatic hydroxyl groups excluding tert-OH is 1.